The second kappa shape index (κ2) is 5.25. The highest BCUT2D eigenvalue weighted by molar-refractivity contribution is 14.1. The lowest BCUT2D eigenvalue weighted by molar-refractivity contribution is 0.0194. The van der Waals surface area contributed by atoms with Crippen LogP contribution in [0.2, 0.25) is 0 Å². The van der Waals surface area contributed by atoms with E-state index in [9.17, 15) is 4.39 Å². The van der Waals surface area contributed by atoms with Crippen LogP contribution in [0.25, 0.3) is 0 Å². The van der Waals surface area contributed by atoms with Gasteiger partial charge in [0, 0.05) is 10.3 Å². The molecular formula is C12H14FIO. The van der Waals surface area contributed by atoms with Crippen LogP contribution in [-0.2, 0) is 4.74 Å². The van der Waals surface area contributed by atoms with Crippen LogP contribution in [0, 0.1) is 5.82 Å². The SMILES string of the molecule is Fc1ccccc1[C@H]1CC[C@@H](CI)OC1. The van der Waals surface area contributed by atoms with Crippen LogP contribution < -0.4 is 0 Å². The molecule has 0 bridgehead atoms. The monoisotopic (exact) mass is 320 g/mol. The van der Waals surface area contributed by atoms with Gasteiger partial charge in [0.25, 0.3) is 0 Å². The zero-order valence-electron chi connectivity index (χ0n) is 8.46. The molecule has 0 radical (unpaired) electrons. The summed E-state index contributed by atoms with van der Waals surface area (Å²) < 4.78 is 20.2. The summed E-state index contributed by atoms with van der Waals surface area (Å²) >= 11 is 2.34. The minimum Gasteiger partial charge on any atom is -0.377 e. The number of benzene rings is 1. The molecule has 0 saturated carbocycles. The van der Waals surface area contributed by atoms with Crippen molar-refractivity contribution in [2.45, 2.75) is 24.9 Å². The molecule has 0 spiro atoms. The van der Waals surface area contributed by atoms with Gasteiger partial charge >= 0.3 is 0 Å². The molecule has 1 aromatic carbocycles. The third-order valence-electron chi connectivity index (χ3n) is 2.89. The molecule has 82 valence electrons. The van der Waals surface area contributed by atoms with Gasteiger partial charge in [-0.1, -0.05) is 40.8 Å². The van der Waals surface area contributed by atoms with E-state index >= 15 is 0 Å². The van der Waals surface area contributed by atoms with Crippen LogP contribution in [0.5, 0.6) is 0 Å². The molecule has 2 atom stereocenters. The van der Waals surface area contributed by atoms with Crippen molar-refractivity contribution in [2.24, 2.45) is 0 Å². The average molecular weight is 320 g/mol. The topological polar surface area (TPSA) is 9.23 Å². The van der Waals surface area contributed by atoms with Gasteiger partial charge in [-0.05, 0) is 24.5 Å². The normalized spacial score (nSPS) is 26.5. The number of hydrogen-bond donors (Lipinski definition) is 0. The van der Waals surface area contributed by atoms with Crippen molar-refractivity contribution in [1.82, 2.24) is 0 Å². The Morgan fingerprint density at radius 1 is 1.33 bits per heavy atom. The number of halogens is 2. The molecule has 1 nitrogen and oxygen atoms in total. The van der Waals surface area contributed by atoms with E-state index in [1.807, 2.05) is 12.1 Å². The number of rotatable bonds is 2. The zero-order chi connectivity index (χ0) is 10.7. The lowest BCUT2D eigenvalue weighted by Crippen LogP contribution is -2.26. The molecule has 3 heteroatoms. The van der Waals surface area contributed by atoms with E-state index in [0.29, 0.717) is 12.7 Å². The fourth-order valence-electron chi connectivity index (χ4n) is 1.98. The number of alkyl halides is 1. The van der Waals surface area contributed by atoms with E-state index in [1.54, 1.807) is 6.07 Å². The van der Waals surface area contributed by atoms with Crippen LogP contribution >= 0.6 is 22.6 Å². The van der Waals surface area contributed by atoms with E-state index in [0.717, 1.165) is 22.8 Å². The summed E-state index contributed by atoms with van der Waals surface area (Å²) in [5.74, 6) is 0.143. The minimum atomic E-state index is -0.0981. The predicted octanol–water partition coefficient (Wildman–Crippen LogP) is 3.52. The smallest absolute Gasteiger partial charge is 0.126 e. The highest BCUT2D eigenvalue weighted by atomic mass is 127. The Balaban J connectivity index is 2.04. The lowest BCUT2D eigenvalue weighted by Gasteiger charge is -2.28. The van der Waals surface area contributed by atoms with Crippen molar-refractivity contribution in [3.63, 3.8) is 0 Å². The predicted molar refractivity (Wildman–Crippen MR) is 67.0 cm³/mol. The van der Waals surface area contributed by atoms with Crippen molar-refractivity contribution < 1.29 is 9.13 Å². The first kappa shape index (κ1) is 11.3. The van der Waals surface area contributed by atoms with Crippen molar-refractivity contribution in [1.29, 1.82) is 0 Å². The molecule has 1 aromatic rings. The standard InChI is InChI=1S/C12H14FIO/c13-12-4-2-1-3-11(12)9-5-6-10(7-14)15-8-9/h1-4,9-10H,5-8H2/t9-,10-/m0/s1. The molecular weight excluding hydrogens is 306 g/mol. The Labute approximate surface area is 103 Å². The molecule has 1 aliphatic heterocycles. The zero-order valence-corrected chi connectivity index (χ0v) is 10.6. The quantitative estimate of drug-likeness (QED) is 0.598. The Hall–Kier alpha value is -0.160. The maximum Gasteiger partial charge on any atom is 0.126 e. The molecule has 15 heavy (non-hydrogen) atoms. The molecule has 0 unspecified atom stereocenters. The van der Waals surface area contributed by atoms with E-state index in [4.69, 9.17) is 4.74 Å². The van der Waals surface area contributed by atoms with Gasteiger partial charge in [-0.3, -0.25) is 0 Å². The molecule has 1 fully saturated rings. The Morgan fingerprint density at radius 3 is 2.73 bits per heavy atom. The third-order valence-corrected chi connectivity index (χ3v) is 3.87. The number of hydrogen-bond acceptors (Lipinski definition) is 1. The van der Waals surface area contributed by atoms with Gasteiger partial charge in [0.05, 0.1) is 12.7 Å². The van der Waals surface area contributed by atoms with Crippen molar-refractivity contribution in [3.8, 4) is 0 Å². The number of ether oxygens (including phenoxy) is 1. The van der Waals surface area contributed by atoms with Crippen LogP contribution in [0.1, 0.15) is 24.3 Å². The van der Waals surface area contributed by atoms with E-state index < -0.39 is 0 Å². The first-order valence-corrected chi connectivity index (χ1v) is 6.76. The summed E-state index contributed by atoms with van der Waals surface area (Å²) in [6.07, 6.45) is 2.45. The fourth-order valence-corrected chi connectivity index (χ4v) is 2.67. The maximum absolute atomic E-state index is 13.5. The van der Waals surface area contributed by atoms with E-state index in [-0.39, 0.29) is 11.7 Å². The molecule has 0 N–H and O–H groups in total. The van der Waals surface area contributed by atoms with Crippen LogP contribution in [-0.4, -0.2) is 17.1 Å². The second-order valence-electron chi connectivity index (χ2n) is 3.91. The summed E-state index contributed by atoms with van der Waals surface area (Å²) in [6.45, 7) is 0.661. The van der Waals surface area contributed by atoms with Crippen molar-refractivity contribution in [2.75, 3.05) is 11.0 Å². The highest BCUT2D eigenvalue weighted by Crippen LogP contribution is 2.30. The van der Waals surface area contributed by atoms with E-state index in [1.165, 1.54) is 6.07 Å². The molecule has 2 rings (SSSR count). The highest BCUT2D eigenvalue weighted by Gasteiger charge is 2.23. The van der Waals surface area contributed by atoms with E-state index in [2.05, 4.69) is 22.6 Å². The minimum absolute atomic E-state index is 0.0981. The maximum atomic E-state index is 13.5. The van der Waals surface area contributed by atoms with Crippen molar-refractivity contribution >= 4 is 22.6 Å². The molecule has 0 aromatic heterocycles. The van der Waals surface area contributed by atoms with Gasteiger partial charge in [-0.2, -0.15) is 0 Å². The summed E-state index contributed by atoms with van der Waals surface area (Å²) in [5.41, 5.74) is 0.810. The third kappa shape index (κ3) is 2.69. The van der Waals surface area contributed by atoms with Crippen LogP contribution in [0.4, 0.5) is 4.39 Å². The summed E-state index contributed by atoms with van der Waals surface area (Å²) in [4.78, 5) is 0. The van der Waals surface area contributed by atoms with Gasteiger partial charge in [-0.15, -0.1) is 0 Å². The first-order valence-electron chi connectivity index (χ1n) is 5.23. The summed E-state index contributed by atoms with van der Waals surface area (Å²) in [7, 11) is 0. The van der Waals surface area contributed by atoms with Crippen LogP contribution in [0.15, 0.2) is 24.3 Å². The lowest BCUT2D eigenvalue weighted by atomic mass is 9.91. The molecule has 1 aliphatic rings. The largest absolute Gasteiger partial charge is 0.377 e. The molecule has 1 heterocycles. The van der Waals surface area contributed by atoms with Gasteiger partial charge in [0.15, 0.2) is 0 Å². The second-order valence-corrected chi connectivity index (χ2v) is 4.79. The van der Waals surface area contributed by atoms with Gasteiger partial charge in [0.1, 0.15) is 5.82 Å². The Morgan fingerprint density at radius 2 is 2.13 bits per heavy atom. The van der Waals surface area contributed by atoms with Gasteiger partial charge in [0.2, 0.25) is 0 Å². The Kier molecular flexibility index (Phi) is 3.97. The summed E-state index contributed by atoms with van der Waals surface area (Å²) in [5, 5.41) is 0. The fraction of sp³-hybridized carbons (Fsp3) is 0.500. The van der Waals surface area contributed by atoms with Crippen LogP contribution in [0.3, 0.4) is 0 Å². The molecule has 1 saturated heterocycles. The molecule has 0 amide bonds. The summed E-state index contributed by atoms with van der Waals surface area (Å²) in [6, 6.07) is 7.02. The van der Waals surface area contributed by atoms with Gasteiger partial charge < -0.3 is 4.74 Å². The molecule has 0 aliphatic carbocycles. The Bertz CT molecular complexity index is 321. The average Bonchev–Trinajstić information content (AvgIpc) is 2.30. The first-order chi connectivity index (χ1) is 7.31. The van der Waals surface area contributed by atoms with Gasteiger partial charge in [-0.25, -0.2) is 4.39 Å². The van der Waals surface area contributed by atoms with Crippen molar-refractivity contribution in [3.05, 3.63) is 35.6 Å².